The molecule has 0 bridgehead atoms. The zero-order valence-corrected chi connectivity index (χ0v) is 11.8. The number of nitrogens with one attached hydrogen (secondary N) is 1. The van der Waals surface area contributed by atoms with Gasteiger partial charge in [-0.3, -0.25) is 10.1 Å². The molecule has 0 saturated heterocycles. The fourth-order valence-corrected chi connectivity index (χ4v) is 3.44. The fourth-order valence-electron chi connectivity index (χ4n) is 1.90. The van der Waals surface area contributed by atoms with E-state index in [1.807, 2.05) is 6.07 Å². The molecule has 0 atom stereocenters. The highest BCUT2D eigenvalue weighted by molar-refractivity contribution is 7.92. The largest absolute Gasteiger partial charge is 0.321 e. The van der Waals surface area contributed by atoms with E-state index in [4.69, 9.17) is 5.84 Å². The van der Waals surface area contributed by atoms with Crippen LogP contribution in [0.5, 0.6) is 0 Å². The second-order valence-corrected chi connectivity index (χ2v) is 5.78. The Morgan fingerprint density at radius 3 is 2.50 bits per heavy atom. The maximum absolute atomic E-state index is 12.7. The number of hydrazine groups is 1. The molecule has 0 radical (unpaired) electrons. The first kappa shape index (κ1) is 14.3. The number of sulfonamides is 1. The molecular formula is C13H16N4O2S. The fraction of sp³-hybridized carbons (Fsp3) is 0.154. The van der Waals surface area contributed by atoms with Crippen LogP contribution < -0.4 is 15.6 Å². The van der Waals surface area contributed by atoms with Gasteiger partial charge in [-0.1, -0.05) is 18.2 Å². The summed E-state index contributed by atoms with van der Waals surface area (Å²) in [4.78, 5) is 3.94. The molecule has 7 heteroatoms. The minimum Gasteiger partial charge on any atom is -0.321 e. The number of rotatable bonds is 5. The van der Waals surface area contributed by atoms with Gasteiger partial charge in [0.15, 0.2) is 0 Å². The zero-order chi connectivity index (χ0) is 14.6. The van der Waals surface area contributed by atoms with Gasteiger partial charge < -0.3 is 5.43 Å². The van der Waals surface area contributed by atoms with E-state index in [1.165, 1.54) is 10.5 Å². The van der Waals surface area contributed by atoms with Crippen LogP contribution in [0.1, 0.15) is 6.92 Å². The van der Waals surface area contributed by atoms with Crippen LogP contribution in [-0.4, -0.2) is 19.9 Å². The summed E-state index contributed by atoms with van der Waals surface area (Å²) in [6.45, 7) is 2.07. The Bertz CT molecular complexity index is 674. The van der Waals surface area contributed by atoms with Gasteiger partial charge >= 0.3 is 0 Å². The number of nitrogens with zero attached hydrogens (tertiary/aromatic N) is 2. The zero-order valence-electron chi connectivity index (χ0n) is 11.0. The number of pyridine rings is 1. The SMILES string of the molecule is CCN(c1ccccc1)S(=O)(=O)c1ncccc1NN. The van der Waals surface area contributed by atoms with Crippen LogP contribution >= 0.6 is 0 Å². The number of nitrogen functional groups attached to an aromatic ring is 1. The molecule has 3 N–H and O–H groups in total. The highest BCUT2D eigenvalue weighted by Gasteiger charge is 2.27. The Balaban J connectivity index is 2.53. The van der Waals surface area contributed by atoms with Gasteiger partial charge in [0.2, 0.25) is 5.03 Å². The lowest BCUT2D eigenvalue weighted by Gasteiger charge is -2.23. The number of benzene rings is 1. The molecule has 2 aromatic rings. The summed E-state index contributed by atoms with van der Waals surface area (Å²) >= 11 is 0. The molecule has 0 aliphatic heterocycles. The number of anilines is 2. The quantitative estimate of drug-likeness (QED) is 0.645. The van der Waals surface area contributed by atoms with Crippen molar-refractivity contribution in [2.75, 3.05) is 16.3 Å². The molecule has 1 heterocycles. The van der Waals surface area contributed by atoms with Gasteiger partial charge in [-0.25, -0.2) is 4.98 Å². The first-order valence-electron chi connectivity index (χ1n) is 6.10. The third-order valence-electron chi connectivity index (χ3n) is 2.79. The molecule has 1 aromatic heterocycles. The molecular weight excluding hydrogens is 276 g/mol. The van der Waals surface area contributed by atoms with Crippen molar-refractivity contribution in [3.05, 3.63) is 48.7 Å². The summed E-state index contributed by atoms with van der Waals surface area (Å²) < 4.78 is 26.7. The average molecular weight is 292 g/mol. The van der Waals surface area contributed by atoms with E-state index < -0.39 is 10.0 Å². The lowest BCUT2D eigenvalue weighted by Crippen LogP contribution is -2.32. The van der Waals surface area contributed by atoms with Crippen molar-refractivity contribution in [3.63, 3.8) is 0 Å². The molecule has 0 aliphatic carbocycles. The van der Waals surface area contributed by atoms with Crippen molar-refractivity contribution in [1.82, 2.24) is 4.98 Å². The minimum absolute atomic E-state index is 0.0896. The van der Waals surface area contributed by atoms with Crippen LogP contribution in [-0.2, 0) is 10.0 Å². The third kappa shape index (κ3) is 2.59. The highest BCUT2D eigenvalue weighted by Crippen LogP contribution is 2.25. The Kier molecular flexibility index (Phi) is 4.21. The van der Waals surface area contributed by atoms with Gasteiger partial charge in [-0.2, -0.15) is 8.42 Å². The number of hydrogen-bond acceptors (Lipinski definition) is 5. The Morgan fingerprint density at radius 2 is 1.90 bits per heavy atom. The van der Waals surface area contributed by atoms with Crippen LogP contribution in [0, 0.1) is 0 Å². The third-order valence-corrected chi connectivity index (χ3v) is 4.66. The van der Waals surface area contributed by atoms with E-state index >= 15 is 0 Å². The maximum atomic E-state index is 12.7. The van der Waals surface area contributed by atoms with Crippen LogP contribution in [0.25, 0.3) is 0 Å². The van der Waals surface area contributed by atoms with E-state index in [0.29, 0.717) is 12.2 Å². The molecule has 0 fully saturated rings. The van der Waals surface area contributed by atoms with Gasteiger partial charge in [0.05, 0.1) is 11.4 Å². The van der Waals surface area contributed by atoms with Crippen molar-refractivity contribution in [2.24, 2.45) is 5.84 Å². The van der Waals surface area contributed by atoms with E-state index in [1.54, 1.807) is 43.3 Å². The van der Waals surface area contributed by atoms with E-state index in [-0.39, 0.29) is 10.7 Å². The standard InChI is InChI=1S/C13H16N4O2S/c1-2-17(11-7-4-3-5-8-11)20(18,19)13-12(16-14)9-6-10-15-13/h3-10,16H,2,14H2,1H3. The highest BCUT2D eigenvalue weighted by atomic mass is 32.2. The van der Waals surface area contributed by atoms with E-state index in [9.17, 15) is 8.42 Å². The predicted octanol–water partition coefficient (Wildman–Crippen LogP) is 1.58. The van der Waals surface area contributed by atoms with Crippen LogP contribution in [0.15, 0.2) is 53.7 Å². The van der Waals surface area contributed by atoms with Crippen LogP contribution in [0.4, 0.5) is 11.4 Å². The van der Waals surface area contributed by atoms with E-state index in [2.05, 4.69) is 10.4 Å². The van der Waals surface area contributed by atoms with Crippen molar-refractivity contribution in [3.8, 4) is 0 Å². The van der Waals surface area contributed by atoms with Gasteiger partial charge in [0.25, 0.3) is 10.0 Å². The topological polar surface area (TPSA) is 88.3 Å². The number of nitrogens with two attached hydrogens (primary N) is 1. The monoisotopic (exact) mass is 292 g/mol. The van der Waals surface area contributed by atoms with Crippen molar-refractivity contribution >= 4 is 21.4 Å². The number of aromatic nitrogens is 1. The second-order valence-electron chi connectivity index (χ2n) is 4.01. The predicted molar refractivity (Wildman–Crippen MR) is 78.7 cm³/mol. The molecule has 6 nitrogen and oxygen atoms in total. The molecule has 0 aliphatic rings. The summed E-state index contributed by atoms with van der Waals surface area (Å²) in [5.41, 5.74) is 3.22. The Labute approximate surface area is 118 Å². The van der Waals surface area contributed by atoms with Gasteiger partial charge in [-0.15, -0.1) is 0 Å². The average Bonchev–Trinajstić information content (AvgIpc) is 2.48. The smallest absolute Gasteiger partial charge is 0.283 e. The molecule has 1 aromatic carbocycles. The van der Waals surface area contributed by atoms with Crippen molar-refractivity contribution in [1.29, 1.82) is 0 Å². The molecule has 0 saturated carbocycles. The Hall–Kier alpha value is -2.12. The van der Waals surface area contributed by atoms with Crippen molar-refractivity contribution in [2.45, 2.75) is 11.9 Å². The van der Waals surface area contributed by atoms with Crippen LogP contribution in [0.2, 0.25) is 0 Å². The summed E-state index contributed by atoms with van der Waals surface area (Å²) in [6, 6.07) is 12.1. The van der Waals surface area contributed by atoms with Crippen LogP contribution in [0.3, 0.4) is 0 Å². The van der Waals surface area contributed by atoms with Crippen molar-refractivity contribution < 1.29 is 8.42 Å². The molecule has 0 amide bonds. The normalized spacial score (nSPS) is 11.1. The molecule has 0 unspecified atom stereocenters. The lowest BCUT2D eigenvalue weighted by atomic mass is 10.3. The van der Waals surface area contributed by atoms with Gasteiger partial charge in [0, 0.05) is 12.7 Å². The number of para-hydroxylation sites is 1. The molecule has 0 spiro atoms. The van der Waals surface area contributed by atoms with Gasteiger partial charge in [0.1, 0.15) is 0 Å². The minimum atomic E-state index is -3.77. The first-order valence-corrected chi connectivity index (χ1v) is 7.54. The summed E-state index contributed by atoms with van der Waals surface area (Å²) in [5, 5.41) is -0.0896. The second kappa shape index (κ2) is 5.89. The maximum Gasteiger partial charge on any atom is 0.283 e. The molecule has 2 rings (SSSR count). The summed E-state index contributed by atoms with van der Waals surface area (Å²) in [7, 11) is -3.77. The van der Waals surface area contributed by atoms with Gasteiger partial charge in [-0.05, 0) is 31.2 Å². The molecule has 106 valence electrons. The summed E-state index contributed by atoms with van der Waals surface area (Å²) in [5.74, 6) is 5.35. The van der Waals surface area contributed by atoms with E-state index in [0.717, 1.165) is 0 Å². The summed E-state index contributed by atoms with van der Waals surface area (Å²) in [6.07, 6.45) is 1.42. The first-order chi connectivity index (χ1) is 9.61. The lowest BCUT2D eigenvalue weighted by molar-refractivity contribution is 0.588. The number of hydrogen-bond donors (Lipinski definition) is 2. The Morgan fingerprint density at radius 1 is 1.20 bits per heavy atom. The molecule has 20 heavy (non-hydrogen) atoms.